The van der Waals surface area contributed by atoms with E-state index in [-0.39, 0.29) is 36.5 Å². The fourth-order valence-corrected chi connectivity index (χ4v) is 3.25. The molecule has 0 bridgehead atoms. The number of carbonyl (C=O) groups excluding carboxylic acids is 4. The van der Waals surface area contributed by atoms with Crippen LogP contribution in [0.1, 0.15) is 32.1 Å². The molecule has 0 spiro atoms. The average Bonchev–Trinajstić information content (AvgIpc) is 3.19. The van der Waals surface area contributed by atoms with Crippen LogP contribution in [0.4, 0.5) is 0 Å². The van der Waals surface area contributed by atoms with E-state index in [0.29, 0.717) is 25.8 Å². The lowest BCUT2D eigenvalue weighted by atomic mass is 10.0. The number of rotatable bonds is 4. The molecule has 8 nitrogen and oxygen atoms in total. The second-order valence-electron chi connectivity index (χ2n) is 6.15. The first kappa shape index (κ1) is 15.7. The minimum absolute atomic E-state index is 0.0413. The number of aliphatic hydroxyl groups is 1. The molecule has 1 aliphatic carbocycles. The highest BCUT2D eigenvalue weighted by Crippen LogP contribution is 2.33. The summed E-state index contributed by atoms with van der Waals surface area (Å²) in [6, 6.07) is 0. The van der Waals surface area contributed by atoms with E-state index >= 15 is 0 Å². The van der Waals surface area contributed by atoms with Crippen LogP contribution >= 0.6 is 0 Å². The number of nitrogens with zero attached hydrogens (tertiary/aromatic N) is 2. The summed E-state index contributed by atoms with van der Waals surface area (Å²) in [7, 11) is 0. The third-order valence-electron chi connectivity index (χ3n) is 4.54. The van der Waals surface area contributed by atoms with Crippen molar-refractivity contribution in [2.45, 2.75) is 38.3 Å². The molecule has 1 saturated heterocycles. The van der Waals surface area contributed by atoms with Crippen LogP contribution in [0.5, 0.6) is 0 Å². The lowest BCUT2D eigenvalue weighted by Gasteiger charge is -2.21. The van der Waals surface area contributed by atoms with E-state index in [9.17, 15) is 24.3 Å². The number of aliphatic hydroxyl groups excluding tert-OH is 1. The molecular weight excluding hydrogens is 304 g/mol. The zero-order chi connectivity index (χ0) is 16.6. The number of hydrogen-bond acceptors (Lipinski definition) is 6. The predicted octanol–water partition coefficient (Wildman–Crippen LogP) is -0.273. The highest BCUT2D eigenvalue weighted by molar-refractivity contribution is 6.12. The Morgan fingerprint density at radius 2 is 1.87 bits per heavy atom. The molecule has 2 heterocycles. The minimum atomic E-state index is -1.07. The third kappa shape index (κ3) is 3.12. The first-order chi connectivity index (χ1) is 11.0. The van der Waals surface area contributed by atoms with Crippen molar-refractivity contribution >= 4 is 23.7 Å². The molecule has 0 aromatic carbocycles. The Kier molecular flexibility index (Phi) is 4.16. The van der Waals surface area contributed by atoms with Crippen molar-refractivity contribution in [3.8, 4) is 0 Å². The van der Waals surface area contributed by atoms with Crippen molar-refractivity contribution in [3.63, 3.8) is 0 Å². The minimum Gasteiger partial charge on any atom is -0.370 e. The van der Waals surface area contributed by atoms with Gasteiger partial charge in [-0.25, -0.2) is 4.79 Å². The molecule has 8 heteroatoms. The van der Waals surface area contributed by atoms with E-state index in [0.717, 1.165) is 5.06 Å². The Morgan fingerprint density at radius 1 is 1.17 bits per heavy atom. The van der Waals surface area contributed by atoms with Gasteiger partial charge in [-0.05, 0) is 25.2 Å². The summed E-state index contributed by atoms with van der Waals surface area (Å²) in [4.78, 5) is 52.9. The van der Waals surface area contributed by atoms with Crippen LogP contribution in [-0.2, 0) is 24.0 Å². The Labute approximate surface area is 132 Å². The summed E-state index contributed by atoms with van der Waals surface area (Å²) in [5, 5.41) is 10.3. The molecule has 3 aliphatic rings. The maximum absolute atomic E-state index is 12.1. The molecule has 3 rings (SSSR count). The summed E-state index contributed by atoms with van der Waals surface area (Å²) in [5.41, 5.74) is 0. The second-order valence-corrected chi connectivity index (χ2v) is 6.15. The molecule has 0 radical (unpaired) electrons. The summed E-state index contributed by atoms with van der Waals surface area (Å²) in [6.45, 7) is 0.291. The molecule has 23 heavy (non-hydrogen) atoms. The van der Waals surface area contributed by atoms with Crippen LogP contribution in [0.2, 0.25) is 0 Å². The quantitative estimate of drug-likeness (QED) is 0.714. The molecule has 124 valence electrons. The van der Waals surface area contributed by atoms with Gasteiger partial charge in [0.05, 0.1) is 5.92 Å². The van der Waals surface area contributed by atoms with E-state index in [4.69, 9.17) is 4.84 Å². The summed E-state index contributed by atoms with van der Waals surface area (Å²) >= 11 is 0. The van der Waals surface area contributed by atoms with Gasteiger partial charge in [0.2, 0.25) is 0 Å². The Bertz CT molecular complexity index is 569. The van der Waals surface area contributed by atoms with Gasteiger partial charge in [0.1, 0.15) is 0 Å². The molecule has 2 fully saturated rings. The van der Waals surface area contributed by atoms with Gasteiger partial charge in [0, 0.05) is 31.5 Å². The van der Waals surface area contributed by atoms with Gasteiger partial charge >= 0.3 is 5.97 Å². The molecule has 1 saturated carbocycles. The van der Waals surface area contributed by atoms with Crippen LogP contribution in [-0.4, -0.2) is 51.5 Å². The largest absolute Gasteiger partial charge is 0.370 e. The first-order valence-corrected chi connectivity index (χ1v) is 7.71. The Hall–Kier alpha value is -2.22. The molecule has 3 atom stereocenters. The van der Waals surface area contributed by atoms with Gasteiger partial charge in [-0.15, -0.1) is 5.06 Å². The van der Waals surface area contributed by atoms with E-state index in [1.165, 1.54) is 17.1 Å². The normalized spacial score (nSPS) is 30.7. The highest BCUT2D eigenvalue weighted by atomic mass is 16.7. The van der Waals surface area contributed by atoms with Gasteiger partial charge in [-0.3, -0.25) is 19.3 Å². The van der Waals surface area contributed by atoms with E-state index in [1.54, 1.807) is 0 Å². The lowest BCUT2D eigenvalue weighted by Crippen LogP contribution is -2.37. The molecule has 3 unspecified atom stereocenters. The number of hydroxylamine groups is 2. The average molecular weight is 322 g/mol. The number of imide groups is 1. The first-order valence-electron chi connectivity index (χ1n) is 7.71. The van der Waals surface area contributed by atoms with E-state index in [2.05, 4.69) is 0 Å². The zero-order valence-electron chi connectivity index (χ0n) is 12.5. The maximum Gasteiger partial charge on any atom is 0.335 e. The van der Waals surface area contributed by atoms with Crippen LogP contribution in [0.3, 0.4) is 0 Å². The van der Waals surface area contributed by atoms with Crippen LogP contribution < -0.4 is 0 Å². The van der Waals surface area contributed by atoms with Crippen molar-refractivity contribution in [2.24, 2.45) is 11.8 Å². The van der Waals surface area contributed by atoms with Gasteiger partial charge in [0.25, 0.3) is 17.7 Å². The molecule has 0 aromatic rings. The second kappa shape index (κ2) is 6.11. The van der Waals surface area contributed by atoms with Crippen molar-refractivity contribution in [1.82, 2.24) is 9.96 Å². The molecule has 0 aromatic heterocycles. The van der Waals surface area contributed by atoms with Gasteiger partial charge < -0.3 is 9.94 Å². The molecule has 3 amide bonds. The highest BCUT2D eigenvalue weighted by Gasteiger charge is 2.38. The smallest absolute Gasteiger partial charge is 0.335 e. The van der Waals surface area contributed by atoms with Gasteiger partial charge in [-0.2, -0.15) is 0 Å². The fraction of sp³-hybridized carbons (Fsp3) is 0.600. The topological polar surface area (TPSA) is 104 Å². The van der Waals surface area contributed by atoms with Crippen molar-refractivity contribution in [2.75, 3.05) is 6.54 Å². The predicted molar refractivity (Wildman–Crippen MR) is 74.9 cm³/mol. The summed E-state index contributed by atoms with van der Waals surface area (Å²) < 4.78 is 0. The number of carbonyl (C=O) groups is 4. The molecule has 2 aliphatic heterocycles. The fourth-order valence-electron chi connectivity index (χ4n) is 3.25. The van der Waals surface area contributed by atoms with E-state index < -0.39 is 18.1 Å². The van der Waals surface area contributed by atoms with Crippen molar-refractivity contribution in [1.29, 1.82) is 0 Å². The van der Waals surface area contributed by atoms with Gasteiger partial charge in [0.15, 0.2) is 6.23 Å². The molecule has 1 N–H and O–H groups in total. The number of hydrogen-bond donors (Lipinski definition) is 1. The lowest BCUT2D eigenvalue weighted by molar-refractivity contribution is -0.223. The SMILES string of the molecule is O=C(ON1C(=O)CCC1O)C1CCC(CN2C(=O)C=CC2=O)C1. The summed E-state index contributed by atoms with van der Waals surface area (Å²) in [6.07, 6.45) is 3.59. The van der Waals surface area contributed by atoms with Crippen LogP contribution in [0, 0.1) is 11.8 Å². The zero-order valence-corrected chi connectivity index (χ0v) is 12.5. The number of amides is 3. The van der Waals surface area contributed by atoms with Crippen LogP contribution in [0.25, 0.3) is 0 Å². The monoisotopic (exact) mass is 322 g/mol. The molecular formula is C15H18N2O6. The van der Waals surface area contributed by atoms with E-state index in [1.807, 2.05) is 0 Å². The summed E-state index contributed by atoms with van der Waals surface area (Å²) in [5.74, 6) is -1.95. The standard InChI is InChI=1S/C15H18N2O6/c18-11-3-4-12(19)16(11)8-9-1-2-10(7-9)15(22)23-17-13(20)5-6-14(17)21/h3-4,9-10,13,20H,1-2,5-8H2. The van der Waals surface area contributed by atoms with Crippen molar-refractivity contribution in [3.05, 3.63) is 12.2 Å². The Balaban J connectivity index is 1.51. The Morgan fingerprint density at radius 3 is 2.48 bits per heavy atom. The van der Waals surface area contributed by atoms with Gasteiger partial charge in [-0.1, -0.05) is 0 Å². The third-order valence-corrected chi connectivity index (χ3v) is 4.54. The van der Waals surface area contributed by atoms with Crippen LogP contribution in [0.15, 0.2) is 12.2 Å². The maximum atomic E-state index is 12.1. The van der Waals surface area contributed by atoms with Crippen molar-refractivity contribution < 1.29 is 29.1 Å².